The van der Waals surface area contributed by atoms with Crippen molar-refractivity contribution in [2.45, 2.75) is 40.2 Å². The molecule has 1 rings (SSSR count). The largest absolute Gasteiger partial charge is 0.472 e. The second kappa shape index (κ2) is 4.65. The Balaban J connectivity index is 2.73. The van der Waals surface area contributed by atoms with Crippen molar-refractivity contribution in [2.24, 2.45) is 5.41 Å². The van der Waals surface area contributed by atoms with Gasteiger partial charge in [0.25, 0.3) is 0 Å². The van der Waals surface area contributed by atoms with Gasteiger partial charge in [-0.25, -0.2) is 0 Å². The maximum Gasteiger partial charge on any atom is 0.0950 e. The molecule has 0 radical (unpaired) electrons. The predicted molar refractivity (Wildman–Crippen MR) is 59.2 cm³/mol. The third kappa shape index (κ3) is 2.88. The fourth-order valence-electron chi connectivity index (χ4n) is 1.65. The van der Waals surface area contributed by atoms with E-state index in [-0.39, 0.29) is 5.41 Å². The number of rotatable bonds is 4. The maximum absolute atomic E-state index is 5.13. The third-order valence-corrected chi connectivity index (χ3v) is 2.34. The predicted octanol–water partition coefficient (Wildman–Crippen LogP) is 3.37. The zero-order chi connectivity index (χ0) is 10.6. The van der Waals surface area contributed by atoms with E-state index in [9.17, 15) is 0 Å². The molecule has 0 aliphatic heterocycles. The second-order valence-electron chi connectivity index (χ2n) is 4.81. The van der Waals surface area contributed by atoms with Gasteiger partial charge >= 0.3 is 0 Å². The Bertz CT molecular complexity index is 246. The molecule has 0 aliphatic rings. The highest BCUT2D eigenvalue weighted by Gasteiger charge is 2.25. The lowest BCUT2D eigenvalue weighted by molar-refractivity contribution is 0.272. The van der Waals surface area contributed by atoms with Crippen molar-refractivity contribution in [2.75, 3.05) is 6.54 Å². The fourth-order valence-corrected chi connectivity index (χ4v) is 1.65. The normalized spacial score (nSPS) is 14.3. The number of nitrogens with one attached hydrogen (secondary N) is 1. The quantitative estimate of drug-likeness (QED) is 0.797. The Morgan fingerprint density at radius 2 is 2.14 bits per heavy atom. The van der Waals surface area contributed by atoms with Crippen LogP contribution in [0.25, 0.3) is 0 Å². The van der Waals surface area contributed by atoms with E-state index in [0.717, 1.165) is 13.0 Å². The summed E-state index contributed by atoms with van der Waals surface area (Å²) in [6.07, 6.45) is 4.73. The molecular weight excluding hydrogens is 174 g/mol. The van der Waals surface area contributed by atoms with Gasteiger partial charge in [-0.1, -0.05) is 27.7 Å². The molecule has 14 heavy (non-hydrogen) atoms. The van der Waals surface area contributed by atoms with E-state index in [1.54, 1.807) is 6.26 Å². The smallest absolute Gasteiger partial charge is 0.0950 e. The van der Waals surface area contributed by atoms with Gasteiger partial charge < -0.3 is 9.73 Å². The molecule has 0 aliphatic carbocycles. The average Bonchev–Trinajstić information content (AvgIpc) is 2.55. The van der Waals surface area contributed by atoms with Crippen molar-refractivity contribution in [3.05, 3.63) is 24.2 Å². The van der Waals surface area contributed by atoms with Gasteiger partial charge in [0.05, 0.1) is 12.5 Å². The van der Waals surface area contributed by atoms with Crippen LogP contribution in [-0.4, -0.2) is 6.54 Å². The van der Waals surface area contributed by atoms with Crippen LogP contribution >= 0.6 is 0 Å². The maximum atomic E-state index is 5.13. The molecular formula is C12H21NO. The Hall–Kier alpha value is -0.760. The van der Waals surface area contributed by atoms with Crippen molar-refractivity contribution in [1.82, 2.24) is 5.32 Å². The third-order valence-electron chi connectivity index (χ3n) is 2.34. The van der Waals surface area contributed by atoms with E-state index < -0.39 is 0 Å². The van der Waals surface area contributed by atoms with Crippen LogP contribution in [0.5, 0.6) is 0 Å². The molecule has 0 saturated carbocycles. The van der Waals surface area contributed by atoms with Gasteiger partial charge in [-0.05, 0) is 24.4 Å². The first-order valence-corrected chi connectivity index (χ1v) is 5.31. The number of hydrogen-bond acceptors (Lipinski definition) is 2. The molecule has 1 aromatic heterocycles. The molecule has 2 nitrogen and oxygen atoms in total. The van der Waals surface area contributed by atoms with Crippen LogP contribution in [0.1, 0.15) is 45.7 Å². The summed E-state index contributed by atoms with van der Waals surface area (Å²) in [5, 5.41) is 3.55. The summed E-state index contributed by atoms with van der Waals surface area (Å²) in [5.41, 5.74) is 1.46. The minimum Gasteiger partial charge on any atom is -0.472 e. The van der Waals surface area contributed by atoms with E-state index >= 15 is 0 Å². The summed E-state index contributed by atoms with van der Waals surface area (Å²) in [4.78, 5) is 0. The highest BCUT2D eigenvalue weighted by atomic mass is 16.3. The molecule has 0 saturated heterocycles. The van der Waals surface area contributed by atoms with E-state index in [4.69, 9.17) is 4.42 Å². The monoisotopic (exact) mass is 195 g/mol. The van der Waals surface area contributed by atoms with Crippen LogP contribution in [0.2, 0.25) is 0 Å². The molecule has 0 bridgehead atoms. The summed E-state index contributed by atoms with van der Waals surface area (Å²) in [6, 6.07) is 2.42. The molecule has 2 heteroatoms. The van der Waals surface area contributed by atoms with Gasteiger partial charge in [-0.3, -0.25) is 0 Å². The highest BCUT2D eigenvalue weighted by molar-refractivity contribution is 5.14. The van der Waals surface area contributed by atoms with Gasteiger partial charge in [0.15, 0.2) is 0 Å². The Morgan fingerprint density at radius 1 is 1.43 bits per heavy atom. The van der Waals surface area contributed by atoms with Crippen molar-refractivity contribution in [1.29, 1.82) is 0 Å². The topological polar surface area (TPSA) is 25.2 Å². The molecule has 1 unspecified atom stereocenters. The summed E-state index contributed by atoms with van der Waals surface area (Å²) in [5.74, 6) is 0. The Labute approximate surface area is 86.7 Å². The van der Waals surface area contributed by atoms with Crippen molar-refractivity contribution in [3.63, 3.8) is 0 Å². The molecule has 1 atom stereocenters. The van der Waals surface area contributed by atoms with E-state index in [1.165, 1.54) is 5.56 Å². The van der Waals surface area contributed by atoms with Crippen LogP contribution in [0.15, 0.2) is 23.0 Å². The number of hydrogen-bond donors (Lipinski definition) is 1. The molecule has 0 spiro atoms. The Kier molecular flexibility index (Phi) is 3.76. The van der Waals surface area contributed by atoms with E-state index in [2.05, 4.69) is 33.0 Å². The first-order chi connectivity index (χ1) is 6.55. The van der Waals surface area contributed by atoms with Crippen LogP contribution in [0.3, 0.4) is 0 Å². The minimum absolute atomic E-state index is 0.221. The van der Waals surface area contributed by atoms with Crippen molar-refractivity contribution < 1.29 is 4.42 Å². The zero-order valence-electron chi connectivity index (χ0n) is 9.63. The summed E-state index contributed by atoms with van der Waals surface area (Å²) in [7, 11) is 0. The van der Waals surface area contributed by atoms with Crippen LogP contribution < -0.4 is 5.32 Å². The van der Waals surface area contributed by atoms with Crippen molar-refractivity contribution >= 4 is 0 Å². The molecule has 1 N–H and O–H groups in total. The standard InChI is InChI=1S/C12H21NO/c1-5-7-13-11(12(2,3)4)10-6-8-14-9-10/h6,8-9,11,13H,5,7H2,1-4H3. The molecule has 80 valence electrons. The van der Waals surface area contributed by atoms with Crippen LogP contribution in [0, 0.1) is 5.41 Å². The van der Waals surface area contributed by atoms with E-state index in [1.807, 2.05) is 12.3 Å². The first kappa shape index (κ1) is 11.3. The molecule has 1 heterocycles. The van der Waals surface area contributed by atoms with Crippen molar-refractivity contribution in [3.8, 4) is 0 Å². The fraction of sp³-hybridized carbons (Fsp3) is 0.667. The first-order valence-electron chi connectivity index (χ1n) is 5.31. The molecule has 0 fully saturated rings. The number of furan rings is 1. The lowest BCUT2D eigenvalue weighted by Crippen LogP contribution is -2.32. The van der Waals surface area contributed by atoms with Crippen LogP contribution in [0.4, 0.5) is 0 Å². The average molecular weight is 195 g/mol. The molecule has 0 aromatic carbocycles. The minimum atomic E-state index is 0.221. The summed E-state index contributed by atoms with van der Waals surface area (Å²) < 4.78 is 5.13. The SMILES string of the molecule is CCCNC(c1ccoc1)C(C)(C)C. The second-order valence-corrected chi connectivity index (χ2v) is 4.81. The summed E-state index contributed by atoms with van der Waals surface area (Å²) in [6.45, 7) is 9.96. The van der Waals surface area contributed by atoms with Gasteiger partial charge in [0.2, 0.25) is 0 Å². The summed E-state index contributed by atoms with van der Waals surface area (Å²) >= 11 is 0. The van der Waals surface area contributed by atoms with Crippen LogP contribution in [-0.2, 0) is 0 Å². The van der Waals surface area contributed by atoms with Gasteiger partial charge in [0, 0.05) is 11.6 Å². The molecule has 1 aromatic rings. The zero-order valence-corrected chi connectivity index (χ0v) is 9.63. The van der Waals surface area contributed by atoms with Gasteiger partial charge in [-0.2, -0.15) is 0 Å². The van der Waals surface area contributed by atoms with E-state index in [0.29, 0.717) is 6.04 Å². The van der Waals surface area contributed by atoms with Gasteiger partial charge in [-0.15, -0.1) is 0 Å². The lowest BCUT2D eigenvalue weighted by atomic mass is 9.83. The highest BCUT2D eigenvalue weighted by Crippen LogP contribution is 2.32. The lowest BCUT2D eigenvalue weighted by Gasteiger charge is -2.30. The van der Waals surface area contributed by atoms with Gasteiger partial charge in [0.1, 0.15) is 0 Å². The molecule has 0 amide bonds. The Morgan fingerprint density at radius 3 is 2.57 bits per heavy atom.